The zero-order valence-corrected chi connectivity index (χ0v) is 12.9. The average molecular weight is 306 g/mol. The Balaban J connectivity index is 1.77. The van der Waals surface area contributed by atoms with E-state index in [0.29, 0.717) is 19.5 Å². The molecule has 0 aliphatic carbocycles. The van der Waals surface area contributed by atoms with Gasteiger partial charge in [0.05, 0.1) is 11.8 Å². The van der Waals surface area contributed by atoms with Gasteiger partial charge in [-0.05, 0) is 37.6 Å². The number of hydrogen-bond acceptors (Lipinski definition) is 4. The molecule has 0 bridgehead atoms. The van der Waals surface area contributed by atoms with Gasteiger partial charge in [0.25, 0.3) is 0 Å². The lowest BCUT2D eigenvalue weighted by Gasteiger charge is -2.22. The van der Waals surface area contributed by atoms with Crippen LogP contribution in [0.3, 0.4) is 0 Å². The highest BCUT2D eigenvalue weighted by Gasteiger charge is 2.24. The first-order valence-corrected chi connectivity index (χ1v) is 7.54. The Bertz CT molecular complexity index is 516. The van der Waals surface area contributed by atoms with Crippen LogP contribution in [0.5, 0.6) is 0 Å². The van der Waals surface area contributed by atoms with Gasteiger partial charge in [0.15, 0.2) is 0 Å². The van der Waals surface area contributed by atoms with Crippen molar-refractivity contribution < 1.29 is 14.3 Å². The Kier molecular flexibility index (Phi) is 6.10. The standard InChI is InChI=1S/C17H23FN2O2/c1-3-4-5-15(21)11-20(2)12-16-10-17(19-22-16)13-6-8-14(18)9-7-13/h3,6-9,15-16,21H,1,4-5,10-12H2,2H3. The molecule has 1 aliphatic heterocycles. The van der Waals surface area contributed by atoms with Crippen LogP contribution in [0.25, 0.3) is 0 Å². The molecule has 1 N–H and O–H groups in total. The van der Waals surface area contributed by atoms with Crippen LogP contribution < -0.4 is 0 Å². The van der Waals surface area contributed by atoms with Crippen molar-refractivity contribution >= 4 is 5.71 Å². The second kappa shape index (κ2) is 8.06. The van der Waals surface area contributed by atoms with Crippen LogP contribution >= 0.6 is 0 Å². The van der Waals surface area contributed by atoms with Crippen molar-refractivity contribution in [3.05, 3.63) is 48.3 Å². The van der Waals surface area contributed by atoms with Gasteiger partial charge in [-0.2, -0.15) is 0 Å². The van der Waals surface area contributed by atoms with Crippen LogP contribution in [0, 0.1) is 5.82 Å². The summed E-state index contributed by atoms with van der Waals surface area (Å²) >= 11 is 0. The number of halogens is 1. The van der Waals surface area contributed by atoms with Crippen molar-refractivity contribution in [2.24, 2.45) is 5.16 Å². The molecule has 5 heteroatoms. The van der Waals surface area contributed by atoms with E-state index in [-0.39, 0.29) is 18.0 Å². The molecular formula is C17H23FN2O2. The van der Waals surface area contributed by atoms with Crippen LogP contribution in [-0.2, 0) is 4.84 Å². The molecular weight excluding hydrogens is 283 g/mol. The minimum Gasteiger partial charge on any atom is -0.392 e. The molecule has 1 aliphatic rings. The second-order valence-corrected chi connectivity index (χ2v) is 5.72. The van der Waals surface area contributed by atoms with E-state index in [9.17, 15) is 9.50 Å². The quantitative estimate of drug-likeness (QED) is 0.751. The van der Waals surface area contributed by atoms with Crippen LogP contribution in [0.1, 0.15) is 24.8 Å². The first kappa shape index (κ1) is 16.6. The van der Waals surface area contributed by atoms with Gasteiger partial charge in [-0.1, -0.05) is 23.4 Å². The normalized spacial score (nSPS) is 18.9. The monoisotopic (exact) mass is 306 g/mol. The molecule has 2 unspecified atom stereocenters. The van der Waals surface area contributed by atoms with Crippen molar-refractivity contribution in [1.82, 2.24) is 4.90 Å². The summed E-state index contributed by atoms with van der Waals surface area (Å²) in [7, 11) is 1.95. The maximum atomic E-state index is 12.9. The summed E-state index contributed by atoms with van der Waals surface area (Å²) in [6, 6.07) is 6.27. The number of allylic oxidation sites excluding steroid dienone is 1. The summed E-state index contributed by atoms with van der Waals surface area (Å²) in [5.41, 5.74) is 1.73. The number of aliphatic hydroxyl groups is 1. The Hall–Kier alpha value is -1.72. The number of likely N-dealkylation sites (N-methyl/N-ethyl adjacent to an activating group) is 1. The smallest absolute Gasteiger partial charge is 0.145 e. The van der Waals surface area contributed by atoms with Crippen molar-refractivity contribution in [3.63, 3.8) is 0 Å². The third kappa shape index (κ3) is 4.93. The Labute approximate surface area is 130 Å². The summed E-state index contributed by atoms with van der Waals surface area (Å²) in [4.78, 5) is 7.48. The van der Waals surface area contributed by atoms with Crippen LogP contribution in [-0.4, -0.2) is 48.1 Å². The number of aliphatic hydroxyl groups excluding tert-OH is 1. The van der Waals surface area contributed by atoms with E-state index >= 15 is 0 Å². The first-order chi connectivity index (χ1) is 10.6. The molecule has 1 aromatic carbocycles. The fourth-order valence-corrected chi connectivity index (χ4v) is 2.52. The lowest BCUT2D eigenvalue weighted by molar-refractivity contribution is 0.0430. The van der Waals surface area contributed by atoms with E-state index in [1.165, 1.54) is 12.1 Å². The van der Waals surface area contributed by atoms with Crippen LogP contribution in [0.4, 0.5) is 4.39 Å². The molecule has 22 heavy (non-hydrogen) atoms. The van der Waals surface area contributed by atoms with Crippen molar-refractivity contribution in [3.8, 4) is 0 Å². The second-order valence-electron chi connectivity index (χ2n) is 5.72. The van der Waals surface area contributed by atoms with Gasteiger partial charge < -0.3 is 14.8 Å². The first-order valence-electron chi connectivity index (χ1n) is 7.54. The molecule has 0 amide bonds. The largest absolute Gasteiger partial charge is 0.392 e. The highest BCUT2D eigenvalue weighted by Crippen LogP contribution is 2.18. The number of nitrogens with zero attached hydrogens (tertiary/aromatic N) is 2. The van der Waals surface area contributed by atoms with Crippen molar-refractivity contribution in [2.45, 2.75) is 31.5 Å². The predicted octanol–water partition coefficient (Wildman–Crippen LogP) is 2.58. The minimum absolute atomic E-state index is 0.0309. The molecule has 2 rings (SSSR count). The lowest BCUT2D eigenvalue weighted by Crippen LogP contribution is -2.35. The van der Waals surface area contributed by atoms with E-state index in [4.69, 9.17) is 4.84 Å². The molecule has 2 atom stereocenters. The Morgan fingerprint density at radius 3 is 2.91 bits per heavy atom. The van der Waals surface area contributed by atoms with E-state index < -0.39 is 0 Å². The van der Waals surface area contributed by atoms with Gasteiger partial charge in [-0.3, -0.25) is 0 Å². The molecule has 4 nitrogen and oxygen atoms in total. The number of oxime groups is 1. The van der Waals surface area contributed by atoms with E-state index in [2.05, 4.69) is 11.7 Å². The molecule has 0 saturated carbocycles. The average Bonchev–Trinajstić information content (AvgIpc) is 2.94. The van der Waals surface area contributed by atoms with Gasteiger partial charge in [0, 0.05) is 19.5 Å². The summed E-state index contributed by atoms with van der Waals surface area (Å²) in [5.74, 6) is -0.256. The van der Waals surface area contributed by atoms with Crippen LogP contribution in [0.15, 0.2) is 42.1 Å². The SMILES string of the molecule is C=CCCC(O)CN(C)CC1CC(c2ccc(F)cc2)=NO1. The highest BCUT2D eigenvalue weighted by molar-refractivity contribution is 6.01. The zero-order chi connectivity index (χ0) is 15.9. The molecule has 120 valence electrons. The predicted molar refractivity (Wildman–Crippen MR) is 85.4 cm³/mol. The third-order valence-corrected chi connectivity index (χ3v) is 3.65. The fraction of sp³-hybridized carbons (Fsp3) is 0.471. The van der Waals surface area contributed by atoms with Gasteiger partial charge >= 0.3 is 0 Å². The third-order valence-electron chi connectivity index (χ3n) is 3.65. The number of hydrogen-bond donors (Lipinski definition) is 1. The number of benzene rings is 1. The minimum atomic E-state index is -0.359. The van der Waals surface area contributed by atoms with Gasteiger partial charge in [-0.25, -0.2) is 4.39 Å². The van der Waals surface area contributed by atoms with E-state index in [1.807, 2.05) is 18.0 Å². The van der Waals surface area contributed by atoms with E-state index in [0.717, 1.165) is 24.1 Å². The van der Waals surface area contributed by atoms with Crippen molar-refractivity contribution in [2.75, 3.05) is 20.1 Å². The summed E-state index contributed by atoms with van der Waals surface area (Å²) in [6.07, 6.45) is 3.65. The van der Waals surface area contributed by atoms with E-state index in [1.54, 1.807) is 12.1 Å². The summed E-state index contributed by atoms with van der Waals surface area (Å²) in [6.45, 7) is 4.94. The molecule has 0 radical (unpaired) electrons. The Morgan fingerprint density at radius 2 is 2.23 bits per heavy atom. The molecule has 0 fully saturated rings. The van der Waals surface area contributed by atoms with Gasteiger partial charge in [0.2, 0.25) is 0 Å². The van der Waals surface area contributed by atoms with Crippen molar-refractivity contribution in [1.29, 1.82) is 0 Å². The summed E-state index contributed by atoms with van der Waals surface area (Å²) in [5, 5.41) is 14.0. The highest BCUT2D eigenvalue weighted by atomic mass is 19.1. The Morgan fingerprint density at radius 1 is 1.50 bits per heavy atom. The topological polar surface area (TPSA) is 45.1 Å². The summed E-state index contributed by atoms with van der Waals surface area (Å²) < 4.78 is 12.9. The van der Waals surface area contributed by atoms with Crippen LogP contribution in [0.2, 0.25) is 0 Å². The maximum absolute atomic E-state index is 12.9. The fourth-order valence-electron chi connectivity index (χ4n) is 2.52. The molecule has 0 aromatic heterocycles. The molecule has 0 spiro atoms. The van der Waals surface area contributed by atoms with Gasteiger partial charge in [-0.15, -0.1) is 6.58 Å². The van der Waals surface area contributed by atoms with Gasteiger partial charge in [0.1, 0.15) is 11.9 Å². The molecule has 1 aromatic rings. The number of rotatable bonds is 8. The maximum Gasteiger partial charge on any atom is 0.145 e. The lowest BCUT2D eigenvalue weighted by atomic mass is 10.0. The molecule has 0 saturated heterocycles. The molecule has 1 heterocycles. The zero-order valence-electron chi connectivity index (χ0n) is 12.9.